The molecule has 0 aromatic carbocycles. The summed E-state index contributed by atoms with van der Waals surface area (Å²) in [6.07, 6.45) is 3.92. The first-order chi connectivity index (χ1) is 13.3. The van der Waals surface area contributed by atoms with Gasteiger partial charge in [-0.1, -0.05) is 11.2 Å². The zero-order valence-electron chi connectivity index (χ0n) is 14.6. The summed E-state index contributed by atoms with van der Waals surface area (Å²) in [5.74, 6) is 2.92. The third-order valence-corrected chi connectivity index (χ3v) is 4.04. The molecule has 9 heteroatoms. The molecule has 0 bridgehead atoms. The number of pyridine rings is 1. The second kappa shape index (κ2) is 7.81. The van der Waals surface area contributed by atoms with Gasteiger partial charge in [0.05, 0.1) is 0 Å². The van der Waals surface area contributed by atoms with Crippen LogP contribution in [0, 0.1) is 0 Å². The molecule has 9 nitrogen and oxygen atoms in total. The summed E-state index contributed by atoms with van der Waals surface area (Å²) in [5.41, 5.74) is 0.321. The number of anilines is 3. The van der Waals surface area contributed by atoms with Crippen molar-refractivity contribution in [3.05, 3.63) is 54.0 Å². The summed E-state index contributed by atoms with van der Waals surface area (Å²) < 4.78 is 5.18. The summed E-state index contributed by atoms with van der Waals surface area (Å²) in [4.78, 5) is 16.2. The third-order valence-electron chi connectivity index (χ3n) is 4.04. The minimum absolute atomic E-state index is 0.242. The lowest BCUT2D eigenvalue weighted by atomic mass is 10.3. The Morgan fingerprint density at radius 2 is 1.93 bits per heavy atom. The quantitative estimate of drug-likeness (QED) is 0.521. The van der Waals surface area contributed by atoms with Crippen LogP contribution in [0.25, 0.3) is 0 Å². The van der Waals surface area contributed by atoms with E-state index >= 15 is 0 Å². The van der Waals surface area contributed by atoms with E-state index in [4.69, 9.17) is 4.52 Å². The zero-order valence-corrected chi connectivity index (χ0v) is 14.6. The molecule has 3 aromatic rings. The van der Waals surface area contributed by atoms with Crippen molar-refractivity contribution in [1.82, 2.24) is 25.7 Å². The molecule has 0 unspecified atom stereocenters. The topological polar surface area (TPSA) is 118 Å². The van der Waals surface area contributed by atoms with E-state index in [1.807, 2.05) is 18.2 Å². The predicted octanol–water partition coefficient (Wildman–Crippen LogP) is 2.32. The average Bonchev–Trinajstić information content (AvgIpc) is 3.44. The number of hydrogen-bond acceptors (Lipinski definition) is 8. The number of nitrogens with one attached hydrogen (secondary N) is 3. The van der Waals surface area contributed by atoms with E-state index in [0.717, 1.165) is 18.6 Å². The van der Waals surface area contributed by atoms with Crippen LogP contribution in [0.3, 0.4) is 0 Å². The summed E-state index contributed by atoms with van der Waals surface area (Å²) in [7, 11) is 0. The molecule has 138 valence electrons. The molecule has 0 radical (unpaired) electrons. The molecule has 4 rings (SSSR count). The van der Waals surface area contributed by atoms with Crippen molar-refractivity contribution in [2.24, 2.45) is 0 Å². The van der Waals surface area contributed by atoms with E-state index < -0.39 is 0 Å². The second-order valence-electron chi connectivity index (χ2n) is 6.22. The van der Waals surface area contributed by atoms with Crippen LogP contribution < -0.4 is 16.0 Å². The molecule has 0 atom stereocenters. The van der Waals surface area contributed by atoms with Crippen LogP contribution in [0.4, 0.5) is 17.5 Å². The van der Waals surface area contributed by atoms with E-state index in [-0.39, 0.29) is 5.91 Å². The van der Waals surface area contributed by atoms with Crippen LogP contribution in [-0.4, -0.2) is 39.3 Å². The Labute approximate surface area is 155 Å². The number of rotatable bonds is 8. The van der Waals surface area contributed by atoms with E-state index in [9.17, 15) is 4.79 Å². The van der Waals surface area contributed by atoms with Gasteiger partial charge in [-0.2, -0.15) is 0 Å². The Morgan fingerprint density at radius 3 is 2.67 bits per heavy atom. The van der Waals surface area contributed by atoms with Crippen molar-refractivity contribution in [1.29, 1.82) is 0 Å². The fourth-order valence-electron chi connectivity index (χ4n) is 2.47. The Hall–Kier alpha value is -3.49. The van der Waals surface area contributed by atoms with Crippen molar-refractivity contribution in [2.45, 2.75) is 18.8 Å². The van der Waals surface area contributed by atoms with Gasteiger partial charge in [-0.05, 0) is 37.1 Å². The Bertz CT molecular complexity index is 892. The maximum atomic E-state index is 12.0. The molecular weight excluding hydrogens is 346 g/mol. The maximum absolute atomic E-state index is 12.0. The lowest BCUT2D eigenvalue weighted by molar-refractivity contribution is 0.0946. The molecule has 3 N–H and O–H groups in total. The van der Waals surface area contributed by atoms with Gasteiger partial charge < -0.3 is 20.5 Å². The lowest BCUT2D eigenvalue weighted by Gasteiger charge is -2.07. The van der Waals surface area contributed by atoms with Crippen LogP contribution in [0.15, 0.2) is 47.1 Å². The number of carbonyl (C=O) groups is 1. The number of carbonyl (C=O) groups excluding carboxylic acids is 1. The first kappa shape index (κ1) is 17.0. The van der Waals surface area contributed by atoms with E-state index in [1.54, 1.807) is 24.4 Å². The van der Waals surface area contributed by atoms with Crippen molar-refractivity contribution < 1.29 is 9.32 Å². The number of aromatic nitrogens is 4. The van der Waals surface area contributed by atoms with Gasteiger partial charge >= 0.3 is 0 Å². The highest BCUT2D eigenvalue weighted by Crippen LogP contribution is 2.40. The monoisotopic (exact) mass is 365 g/mol. The summed E-state index contributed by atoms with van der Waals surface area (Å²) in [6.45, 7) is 0.945. The van der Waals surface area contributed by atoms with Gasteiger partial charge in [0.2, 0.25) is 0 Å². The number of amides is 1. The van der Waals surface area contributed by atoms with Crippen molar-refractivity contribution in [2.75, 3.05) is 23.7 Å². The van der Waals surface area contributed by atoms with Crippen LogP contribution in [0.2, 0.25) is 0 Å². The first-order valence-corrected chi connectivity index (χ1v) is 8.78. The highest BCUT2D eigenvalue weighted by molar-refractivity contribution is 5.92. The zero-order chi connectivity index (χ0) is 18.5. The Kier molecular flexibility index (Phi) is 4.91. The van der Waals surface area contributed by atoms with Gasteiger partial charge in [0.25, 0.3) is 5.91 Å². The van der Waals surface area contributed by atoms with Crippen LogP contribution in [-0.2, 0) is 0 Å². The minimum Gasteiger partial charge on any atom is -0.367 e. The molecule has 27 heavy (non-hydrogen) atoms. The summed E-state index contributed by atoms with van der Waals surface area (Å²) in [5, 5.41) is 20.9. The average molecular weight is 365 g/mol. The van der Waals surface area contributed by atoms with Gasteiger partial charge in [0.15, 0.2) is 11.5 Å². The van der Waals surface area contributed by atoms with E-state index in [2.05, 4.69) is 36.3 Å². The minimum atomic E-state index is -0.242. The maximum Gasteiger partial charge on any atom is 0.273 e. The van der Waals surface area contributed by atoms with Gasteiger partial charge in [0.1, 0.15) is 17.4 Å². The van der Waals surface area contributed by atoms with Gasteiger partial charge in [-0.25, -0.2) is 4.98 Å². The molecule has 0 saturated heterocycles. The van der Waals surface area contributed by atoms with E-state index in [1.165, 1.54) is 0 Å². The molecule has 1 saturated carbocycles. The lowest BCUT2D eigenvalue weighted by Crippen LogP contribution is -2.29. The van der Waals surface area contributed by atoms with Crippen LogP contribution >= 0.6 is 0 Å². The van der Waals surface area contributed by atoms with Crippen molar-refractivity contribution in [3.8, 4) is 0 Å². The fourth-order valence-corrected chi connectivity index (χ4v) is 2.47. The predicted molar refractivity (Wildman–Crippen MR) is 98.9 cm³/mol. The number of nitrogens with zero attached hydrogens (tertiary/aromatic N) is 4. The standard InChI is InChI=1S/C18H19N7O2/c26-18(13-11-14(27-25-13)12-4-5-12)21-10-9-20-16-6-7-17(24-23-16)22-15-3-1-2-8-19-15/h1-3,6-8,11-12H,4-5,9-10H2,(H,20,23)(H,21,26)(H,19,22,24). The molecule has 1 aliphatic carbocycles. The van der Waals surface area contributed by atoms with Gasteiger partial charge in [-0.3, -0.25) is 4.79 Å². The molecular formula is C18H19N7O2. The molecule has 3 heterocycles. The first-order valence-electron chi connectivity index (χ1n) is 8.78. The summed E-state index contributed by atoms with van der Waals surface area (Å²) in [6, 6.07) is 10.9. The SMILES string of the molecule is O=C(NCCNc1ccc(Nc2ccccn2)nn1)c1cc(C2CC2)on1. The van der Waals surface area contributed by atoms with Gasteiger partial charge in [-0.15, -0.1) is 10.2 Å². The second-order valence-corrected chi connectivity index (χ2v) is 6.22. The van der Waals surface area contributed by atoms with Crippen molar-refractivity contribution >= 4 is 23.4 Å². The smallest absolute Gasteiger partial charge is 0.273 e. The largest absolute Gasteiger partial charge is 0.367 e. The molecule has 0 spiro atoms. The highest BCUT2D eigenvalue weighted by atomic mass is 16.5. The van der Waals surface area contributed by atoms with Crippen molar-refractivity contribution in [3.63, 3.8) is 0 Å². The fraction of sp³-hybridized carbons (Fsp3) is 0.278. The third kappa shape index (κ3) is 4.57. The number of hydrogen-bond donors (Lipinski definition) is 3. The molecule has 1 fully saturated rings. The van der Waals surface area contributed by atoms with Gasteiger partial charge in [0, 0.05) is 31.3 Å². The summed E-state index contributed by atoms with van der Waals surface area (Å²) >= 11 is 0. The molecule has 1 aliphatic rings. The Morgan fingerprint density at radius 1 is 1.07 bits per heavy atom. The highest BCUT2D eigenvalue weighted by Gasteiger charge is 2.28. The van der Waals surface area contributed by atoms with E-state index in [0.29, 0.717) is 42.2 Å². The van der Waals surface area contributed by atoms with Crippen LogP contribution in [0.1, 0.15) is 35.0 Å². The Balaban J connectivity index is 1.20. The normalized spacial score (nSPS) is 13.2. The molecule has 0 aliphatic heterocycles. The molecule has 1 amide bonds. The molecule has 3 aromatic heterocycles. The van der Waals surface area contributed by atoms with Crippen LogP contribution in [0.5, 0.6) is 0 Å².